The second-order valence-electron chi connectivity index (χ2n) is 7.58. The third-order valence-corrected chi connectivity index (χ3v) is 5.90. The van der Waals surface area contributed by atoms with E-state index in [1.165, 1.54) is 36.8 Å². The van der Waals surface area contributed by atoms with Gasteiger partial charge in [-0.25, -0.2) is 0 Å². The van der Waals surface area contributed by atoms with Crippen LogP contribution in [0.25, 0.3) is 10.8 Å². The minimum atomic E-state index is 0.352. The van der Waals surface area contributed by atoms with Gasteiger partial charge >= 0.3 is 0 Å². The van der Waals surface area contributed by atoms with E-state index in [4.69, 9.17) is 0 Å². The van der Waals surface area contributed by atoms with Crippen molar-refractivity contribution in [3.05, 3.63) is 42.0 Å². The van der Waals surface area contributed by atoms with Gasteiger partial charge in [0.1, 0.15) is 5.75 Å². The Kier molecular flexibility index (Phi) is 3.37. The Morgan fingerprint density at radius 2 is 1.73 bits per heavy atom. The molecule has 0 aliphatic heterocycles. The highest BCUT2D eigenvalue weighted by atomic mass is 16.3. The Hall–Kier alpha value is -1.54. The highest BCUT2D eigenvalue weighted by molar-refractivity contribution is 5.84. The Morgan fingerprint density at radius 3 is 2.55 bits per heavy atom. The van der Waals surface area contributed by atoms with Gasteiger partial charge < -0.3 is 10.0 Å². The molecular weight excluding hydrogens is 270 g/mol. The summed E-state index contributed by atoms with van der Waals surface area (Å²) in [5, 5.41) is 12.0. The zero-order valence-electron chi connectivity index (χ0n) is 13.5. The van der Waals surface area contributed by atoms with Crippen LogP contribution >= 0.6 is 0 Å². The summed E-state index contributed by atoms with van der Waals surface area (Å²) in [6, 6.07) is 12.5. The van der Waals surface area contributed by atoms with E-state index in [-0.39, 0.29) is 0 Å². The molecule has 2 heteroatoms. The number of hydrogen-bond acceptors (Lipinski definition) is 2. The summed E-state index contributed by atoms with van der Waals surface area (Å²) in [5.41, 5.74) is 1.51. The lowest BCUT2D eigenvalue weighted by molar-refractivity contribution is 0.219. The third kappa shape index (κ3) is 2.30. The van der Waals surface area contributed by atoms with E-state index >= 15 is 0 Å². The molecule has 4 rings (SSSR count). The van der Waals surface area contributed by atoms with Crippen molar-refractivity contribution in [3.8, 4) is 5.75 Å². The molecule has 2 saturated carbocycles. The minimum Gasteiger partial charge on any atom is -0.508 e. The standard InChI is InChI=1S/C20H25NO/c1-21(2)12-19-15-4-6-17(10-15)20(19)16-5-3-14-11-18(22)8-7-13(14)9-16/h3,5,7-9,11,15,17,19-20,22H,4,6,10,12H2,1-2H3/t15-,17+,19+,20-/m0/s1. The zero-order valence-corrected chi connectivity index (χ0v) is 13.5. The third-order valence-electron chi connectivity index (χ3n) is 5.90. The quantitative estimate of drug-likeness (QED) is 0.915. The molecule has 116 valence electrons. The first-order chi connectivity index (χ1) is 10.6. The molecule has 2 fully saturated rings. The summed E-state index contributed by atoms with van der Waals surface area (Å²) in [6.45, 7) is 1.21. The maximum absolute atomic E-state index is 9.63. The predicted octanol–water partition coefficient (Wildman–Crippen LogP) is 4.24. The smallest absolute Gasteiger partial charge is 0.116 e. The Balaban J connectivity index is 1.71. The van der Waals surface area contributed by atoms with Crippen LogP contribution in [-0.4, -0.2) is 30.6 Å². The molecule has 22 heavy (non-hydrogen) atoms. The van der Waals surface area contributed by atoms with Crippen LogP contribution in [0.2, 0.25) is 0 Å². The van der Waals surface area contributed by atoms with Crippen LogP contribution in [0, 0.1) is 17.8 Å². The van der Waals surface area contributed by atoms with E-state index in [1.54, 1.807) is 6.07 Å². The van der Waals surface area contributed by atoms with E-state index in [1.807, 2.05) is 12.1 Å². The Morgan fingerprint density at radius 1 is 1.00 bits per heavy atom. The summed E-state index contributed by atoms with van der Waals surface area (Å²) in [5.74, 6) is 3.69. The van der Waals surface area contributed by atoms with Crippen LogP contribution in [0.5, 0.6) is 5.75 Å². The van der Waals surface area contributed by atoms with E-state index in [2.05, 4.69) is 37.2 Å². The lowest BCUT2D eigenvalue weighted by atomic mass is 9.75. The number of phenolic OH excluding ortho intramolecular Hbond substituents is 1. The van der Waals surface area contributed by atoms with E-state index in [0.717, 1.165) is 29.1 Å². The van der Waals surface area contributed by atoms with Gasteiger partial charge in [-0.15, -0.1) is 0 Å². The van der Waals surface area contributed by atoms with Gasteiger partial charge in [0.2, 0.25) is 0 Å². The first-order valence-corrected chi connectivity index (χ1v) is 8.49. The molecule has 4 atom stereocenters. The van der Waals surface area contributed by atoms with Crippen LogP contribution in [0.15, 0.2) is 36.4 Å². The van der Waals surface area contributed by atoms with Gasteiger partial charge in [0.05, 0.1) is 0 Å². The number of phenols is 1. The van der Waals surface area contributed by atoms with Gasteiger partial charge in [0.25, 0.3) is 0 Å². The highest BCUT2D eigenvalue weighted by Crippen LogP contribution is 2.56. The van der Waals surface area contributed by atoms with Gasteiger partial charge in [-0.1, -0.05) is 24.3 Å². The second-order valence-corrected chi connectivity index (χ2v) is 7.58. The number of benzene rings is 2. The van der Waals surface area contributed by atoms with Crippen molar-refractivity contribution in [2.24, 2.45) is 17.8 Å². The molecule has 2 bridgehead atoms. The van der Waals surface area contributed by atoms with Crippen molar-refractivity contribution in [3.63, 3.8) is 0 Å². The molecule has 0 amide bonds. The molecule has 0 aromatic heterocycles. The number of rotatable bonds is 3. The number of hydrogen-bond donors (Lipinski definition) is 1. The molecule has 1 N–H and O–H groups in total. The van der Waals surface area contributed by atoms with E-state index < -0.39 is 0 Å². The van der Waals surface area contributed by atoms with Crippen LogP contribution in [0.1, 0.15) is 30.7 Å². The van der Waals surface area contributed by atoms with E-state index in [9.17, 15) is 5.11 Å². The van der Waals surface area contributed by atoms with Crippen LogP contribution in [-0.2, 0) is 0 Å². The molecule has 0 saturated heterocycles. The van der Waals surface area contributed by atoms with Crippen molar-refractivity contribution >= 4 is 10.8 Å². The average molecular weight is 295 g/mol. The fourth-order valence-corrected chi connectivity index (χ4v) is 5.07. The average Bonchev–Trinajstić information content (AvgIpc) is 3.07. The summed E-state index contributed by atoms with van der Waals surface area (Å²) in [6.07, 6.45) is 4.27. The van der Waals surface area contributed by atoms with Crippen molar-refractivity contribution in [1.29, 1.82) is 0 Å². The first kappa shape index (κ1) is 14.1. The first-order valence-electron chi connectivity index (χ1n) is 8.49. The molecule has 2 nitrogen and oxygen atoms in total. The van der Waals surface area contributed by atoms with Gasteiger partial charge in [-0.05, 0) is 85.5 Å². The Labute approximate surface area is 132 Å². The molecule has 2 aliphatic rings. The normalized spacial score (nSPS) is 30.5. The van der Waals surface area contributed by atoms with Crippen LogP contribution in [0.4, 0.5) is 0 Å². The molecule has 0 spiro atoms. The molecule has 0 heterocycles. The summed E-state index contributed by atoms with van der Waals surface area (Å²) in [7, 11) is 4.40. The number of aromatic hydroxyl groups is 1. The van der Waals surface area contributed by atoms with Crippen molar-refractivity contribution in [2.45, 2.75) is 25.2 Å². The summed E-state index contributed by atoms with van der Waals surface area (Å²) in [4.78, 5) is 2.36. The summed E-state index contributed by atoms with van der Waals surface area (Å²) < 4.78 is 0. The maximum Gasteiger partial charge on any atom is 0.116 e. The van der Waals surface area contributed by atoms with Gasteiger partial charge in [0, 0.05) is 6.54 Å². The lowest BCUT2D eigenvalue weighted by Crippen LogP contribution is -2.30. The van der Waals surface area contributed by atoms with Crippen molar-refractivity contribution < 1.29 is 5.11 Å². The lowest BCUT2D eigenvalue weighted by Gasteiger charge is -2.33. The summed E-state index contributed by atoms with van der Waals surface area (Å²) >= 11 is 0. The number of fused-ring (bicyclic) bond motifs is 3. The molecular formula is C20H25NO. The topological polar surface area (TPSA) is 23.5 Å². The largest absolute Gasteiger partial charge is 0.508 e. The second kappa shape index (κ2) is 5.27. The molecule has 2 aromatic carbocycles. The maximum atomic E-state index is 9.63. The predicted molar refractivity (Wildman–Crippen MR) is 91.2 cm³/mol. The van der Waals surface area contributed by atoms with Crippen LogP contribution < -0.4 is 0 Å². The van der Waals surface area contributed by atoms with Crippen molar-refractivity contribution in [1.82, 2.24) is 4.90 Å². The minimum absolute atomic E-state index is 0.352. The zero-order chi connectivity index (χ0) is 15.3. The monoisotopic (exact) mass is 295 g/mol. The number of nitrogens with zero attached hydrogens (tertiary/aromatic N) is 1. The van der Waals surface area contributed by atoms with Gasteiger partial charge in [-0.3, -0.25) is 0 Å². The molecule has 2 aromatic rings. The molecule has 0 radical (unpaired) electrons. The highest BCUT2D eigenvalue weighted by Gasteiger charge is 2.47. The Bertz CT molecular complexity index is 693. The van der Waals surface area contributed by atoms with Crippen LogP contribution in [0.3, 0.4) is 0 Å². The van der Waals surface area contributed by atoms with Gasteiger partial charge in [-0.2, -0.15) is 0 Å². The fraction of sp³-hybridized carbons (Fsp3) is 0.500. The van der Waals surface area contributed by atoms with Gasteiger partial charge in [0.15, 0.2) is 0 Å². The van der Waals surface area contributed by atoms with E-state index in [0.29, 0.717) is 5.75 Å². The fourth-order valence-electron chi connectivity index (χ4n) is 5.07. The molecule has 2 aliphatic carbocycles. The molecule has 0 unspecified atom stereocenters. The SMILES string of the molecule is CN(C)C[C@@H]1[C@H]2CC[C@H](C2)[C@@H]1c1ccc2cc(O)ccc2c1. The van der Waals surface area contributed by atoms with Crippen molar-refractivity contribution in [2.75, 3.05) is 20.6 Å².